The third-order valence-electron chi connectivity index (χ3n) is 3.59. The number of thiophene rings is 1. The van der Waals surface area contributed by atoms with Crippen LogP contribution in [-0.4, -0.2) is 23.7 Å². The molecule has 2 aromatic heterocycles. The van der Waals surface area contributed by atoms with Gasteiger partial charge >= 0.3 is 0 Å². The topological polar surface area (TPSA) is 52.8 Å². The molecule has 0 fully saturated rings. The molecule has 4 rings (SSSR count). The molecule has 0 saturated carbocycles. The fraction of sp³-hybridized carbons (Fsp3) is 0.176. The van der Waals surface area contributed by atoms with E-state index in [0.29, 0.717) is 29.4 Å². The molecule has 0 spiro atoms. The number of hydrogen-bond acceptors (Lipinski definition) is 5. The highest BCUT2D eigenvalue weighted by molar-refractivity contribution is 7.16. The summed E-state index contributed by atoms with van der Waals surface area (Å²) in [7, 11) is 0. The summed E-state index contributed by atoms with van der Waals surface area (Å²) in [6.45, 7) is 5.46. The second kappa shape index (κ2) is 6.26. The van der Waals surface area contributed by atoms with E-state index < -0.39 is 0 Å². The molecule has 24 heavy (non-hydrogen) atoms. The van der Waals surface area contributed by atoms with E-state index in [-0.39, 0.29) is 5.91 Å². The van der Waals surface area contributed by atoms with E-state index in [0.717, 1.165) is 21.7 Å². The van der Waals surface area contributed by atoms with Crippen molar-refractivity contribution < 1.29 is 14.3 Å². The number of hydrogen-bond donors (Lipinski definition) is 0. The van der Waals surface area contributed by atoms with Gasteiger partial charge in [-0.15, -0.1) is 17.9 Å². The fourth-order valence-electron chi connectivity index (χ4n) is 2.54. The lowest BCUT2D eigenvalue weighted by molar-refractivity contribution is 0.100. The minimum atomic E-state index is -0.230. The fourth-order valence-corrected chi connectivity index (χ4v) is 4.19. The van der Waals surface area contributed by atoms with E-state index in [1.54, 1.807) is 12.1 Å². The summed E-state index contributed by atoms with van der Waals surface area (Å²) in [5, 5.41) is 1.87. The van der Waals surface area contributed by atoms with Gasteiger partial charge in [0.25, 0.3) is 5.91 Å². The molecule has 0 saturated heterocycles. The second-order valence-corrected chi connectivity index (χ2v) is 7.10. The predicted octanol–water partition coefficient (Wildman–Crippen LogP) is 3.46. The number of benzene rings is 1. The smallest absolute Gasteiger partial charge is 0.289 e. The summed E-state index contributed by atoms with van der Waals surface area (Å²) in [5.74, 6) is 1.23. The van der Waals surface area contributed by atoms with Crippen molar-refractivity contribution in [3.8, 4) is 11.5 Å². The quantitative estimate of drug-likeness (QED) is 0.674. The molecule has 0 bridgehead atoms. The lowest BCUT2D eigenvalue weighted by Crippen LogP contribution is -2.17. The molecule has 0 unspecified atom stereocenters. The van der Waals surface area contributed by atoms with Crippen LogP contribution >= 0.6 is 22.7 Å². The van der Waals surface area contributed by atoms with Crippen molar-refractivity contribution in [2.24, 2.45) is 4.99 Å². The number of nitrogens with zero attached hydrogens (tertiary/aromatic N) is 2. The number of carbonyl (C=O) groups is 1. The first kappa shape index (κ1) is 15.2. The van der Waals surface area contributed by atoms with Crippen LogP contribution in [0.15, 0.2) is 47.3 Å². The van der Waals surface area contributed by atoms with Crippen molar-refractivity contribution in [1.29, 1.82) is 0 Å². The highest BCUT2D eigenvalue weighted by atomic mass is 32.1. The zero-order valence-electron chi connectivity index (χ0n) is 12.7. The van der Waals surface area contributed by atoms with Crippen molar-refractivity contribution in [3.63, 3.8) is 0 Å². The van der Waals surface area contributed by atoms with Gasteiger partial charge in [-0.25, -0.2) is 0 Å². The molecule has 7 heteroatoms. The standard InChI is InChI=1S/C17H14N2O3S2/c1-2-5-19-11-9-12-13(22-7-6-21-12)10-15(11)24-17(19)18-16(20)14-4-3-8-23-14/h2-4,8-10H,1,5-7H2. The molecule has 3 aromatic rings. The van der Waals surface area contributed by atoms with Crippen LogP contribution < -0.4 is 14.3 Å². The molecule has 3 heterocycles. The Labute approximate surface area is 146 Å². The van der Waals surface area contributed by atoms with Crippen LogP contribution in [0.25, 0.3) is 10.2 Å². The minimum absolute atomic E-state index is 0.230. The van der Waals surface area contributed by atoms with E-state index >= 15 is 0 Å². The minimum Gasteiger partial charge on any atom is -0.486 e. The predicted molar refractivity (Wildman–Crippen MR) is 95.2 cm³/mol. The van der Waals surface area contributed by atoms with Gasteiger partial charge in [0.2, 0.25) is 0 Å². The van der Waals surface area contributed by atoms with E-state index in [2.05, 4.69) is 11.6 Å². The number of rotatable bonds is 3. The van der Waals surface area contributed by atoms with Gasteiger partial charge in [-0.2, -0.15) is 4.99 Å². The summed E-state index contributed by atoms with van der Waals surface area (Å²) in [6, 6.07) is 7.52. The molecule has 5 nitrogen and oxygen atoms in total. The average Bonchev–Trinajstić information content (AvgIpc) is 3.22. The van der Waals surface area contributed by atoms with Crippen molar-refractivity contribution in [1.82, 2.24) is 4.57 Å². The molecular formula is C17H14N2O3S2. The van der Waals surface area contributed by atoms with E-state index in [1.165, 1.54) is 22.7 Å². The van der Waals surface area contributed by atoms with Crippen molar-refractivity contribution in [3.05, 3.63) is 52.0 Å². The van der Waals surface area contributed by atoms with E-state index in [1.807, 2.05) is 28.1 Å². The summed E-state index contributed by atoms with van der Waals surface area (Å²) in [4.78, 5) is 17.9. The Bertz CT molecular complexity index is 983. The Morgan fingerprint density at radius 2 is 2.12 bits per heavy atom. The molecule has 1 aliphatic heterocycles. The number of aromatic nitrogens is 1. The van der Waals surface area contributed by atoms with Crippen molar-refractivity contribution >= 4 is 38.8 Å². The molecule has 1 amide bonds. The maximum absolute atomic E-state index is 12.3. The second-order valence-electron chi connectivity index (χ2n) is 5.14. The Hall–Kier alpha value is -2.38. The van der Waals surface area contributed by atoms with Crippen LogP contribution in [0.2, 0.25) is 0 Å². The average molecular weight is 358 g/mol. The summed E-state index contributed by atoms with van der Waals surface area (Å²) in [5.41, 5.74) is 0.960. The summed E-state index contributed by atoms with van der Waals surface area (Å²) < 4.78 is 14.3. The van der Waals surface area contributed by atoms with Crippen LogP contribution in [0.3, 0.4) is 0 Å². The number of amides is 1. The zero-order chi connectivity index (χ0) is 16.5. The number of thiazole rings is 1. The van der Waals surface area contributed by atoms with Gasteiger partial charge in [-0.05, 0) is 11.4 Å². The summed E-state index contributed by atoms with van der Waals surface area (Å²) in [6.07, 6.45) is 1.79. The lowest BCUT2D eigenvalue weighted by Gasteiger charge is -2.18. The normalized spacial score (nSPS) is 14.1. The zero-order valence-corrected chi connectivity index (χ0v) is 14.4. The highest BCUT2D eigenvalue weighted by Gasteiger charge is 2.16. The molecule has 122 valence electrons. The first-order chi connectivity index (χ1) is 11.8. The molecule has 0 N–H and O–H groups in total. The van der Waals surface area contributed by atoms with E-state index in [9.17, 15) is 4.79 Å². The van der Waals surface area contributed by atoms with Gasteiger partial charge in [0, 0.05) is 18.7 Å². The van der Waals surface area contributed by atoms with Crippen LogP contribution in [0.4, 0.5) is 0 Å². The number of allylic oxidation sites excluding steroid dienone is 1. The van der Waals surface area contributed by atoms with Gasteiger partial charge in [0.15, 0.2) is 16.3 Å². The molecule has 0 radical (unpaired) electrons. The van der Waals surface area contributed by atoms with Gasteiger partial charge in [0.1, 0.15) is 13.2 Å². The van der Waals surface area contributed by atoms with Crippen molar-refractivity contribution in [2.45, 2.75) is 6.54 Å². The van der Waals surface area contributed by atoms with Crippen LogP contribution in [-0.2, 0) is 6.54 Å². The highest BCUT2D eigenvalue weighted by Crippen LogP contribution is 2.35. The number of fused-ring (bicyclic) bond motifs is 2. The van der Waals surface area contributed by atoms with Gasteiger partial charge in [-0.3, -0.25) is 4.79 Å². The largest absolute Gasteiger partial charge is 0.486 e. The first-order valence-electron chi connectivity index (χ1n) is 7.42. The van der Waals surface area contributed by atoms with Crippen LogP contribution in [0, 0.1) is 0 Å². The van der Waals surface area contributed by atoms with Gasteiger partial charge in [-0.1, -0.05) is 23.5 Å². The molecule has 0 atom stereocenters. The first-order valence-corrected chi connectivity index (χ1v) is 9.12. The van der Waals surface area contributed by atoms with Crippen LogP contribution in [0.1, 0.15) is 9.67 Å². The maximum atomic E-state index is 12.3. The Morgan fingerprint density at radius 3 is 2.83 bits per heavy atom. The number of ether oxygens (including phenoxy) is 2. The Morgan fingerprint density at radius 1 is 1.33 bits per heavy atom. The monoisotopic (exact) mass is 358 g/mol. The third-order valence-corrected chi connectivity index (χ3v) is 5.49. The maximum Gasteiger partial charge on any atom is 0.289 e. The van der Waals surface area contributed by atoms with Gasteiger partial charge < -0.3 is 14.0 Å². The third kappa shape index (κ3) is 2.65. The lowest BCUT2D eigenvalue weighted by atomic mass is 10.2. The summed E-state index contributed by atoms with van der Waals surface area (Å²) >= 11 is 2.85. The Balaban J connectivity index is 1.89. The van der Waals surface area contributed by atoms with Crippen LogP contribution in [0.5, 0.6) is 11.5 Å². The molecule has 1 aliphatic rings. The number of carbonyl (C=O) groups excluding carboxylic acids is 1. The van der Waals surface area contributed by atoms with E-state index in [4.69, 9.17) is 9.47 Å². The SMILES string of the molecule is C=CCn1c(=NC(=O)c2cccs2)sc2cc3c(cc21)OCCO3. The molecule has 1 aromatic carbocycles. The Kier molecular flexibility index (Phi) is 3.95. The molecular weight excluding hydrogens is 344 g/mol. The van der Waals surface area contributed by atoms with Crippen molar-refractivity contribution in [2.75, 3.05) is 13.2 Å². The van der Waals surface area contributed by atoms with Gasteiger partial charge in [0.05, 0.1) is 15.1 Å². The molecule has 0 aliphatic carbocycles.